The Kier molecular flexibility index (Phi) is 5.36. The van der Waals surface area contributed by atoms with E-state index in [0.29, 0.717) is 5.75 Å². The molecule has 1 aromatic rings. The standard InChI is InChI=1S/C15H23NO3/c1-5-12-6-8-13(9-7-12)19-10-14(17)16(4)11-15(2,3)18/h6-9,18H,5,10-11H2,1-4H3. The van der Waals surface area contributed by atoms with Crippen LogP contribution in [0.25, 0.3) is 0 Å². The van der Waals surface area contributed by atoms with Crippen LogP contribution >= 0.6 is 0 Å². The van der Waals surface area contributed by atoms with Crippen LogP contribution in [0, 0.1) is 0 Å². The minimum atomic E-state index is -0.896. The van der Waals surface area contributed by atoms with E-state index in [2.05, 4.69) is 6.92 Å². The molecule has 1 amide bonds. The minimum absolute atomic E-state index is 0.0158. The van der Waals surface area contributed by atoms with E-state index in [9.17, 15) is 9.90 Å². The smallest absolute Gasteiger partial charge is 0.260 e. The van der Waals surface area contributed by atoms with Gasteiger partial charge in [-0.15, -0.1) is 0 Å². The second-order valence-electron chi connectivity index (χ2n) is 5.35. The van der Waals surface area contributed by atoms with Crippen molar-refractivity contribution in [1.29, 1.82) is 0 Å². The SMILES string of the molecule is CCc1ccc(OCC(=O)N(C)CC(C)(C)O)cc1. The van der Waals surface area contributed by atoms with Gasteiger partial charge < -0.3 is 14.7 Å². The first-order valence-corrected chi connectivity index (χ1v) is 6.50. The van der Waals surface area contributed by atoms with Crippen LogP contribution in [0.1, 0.15) is 26.3 Å². The van der Waals surface area contributed by atoms with Crippen LogP contribution in [0.3, 0.4) is 0 Å². The number of rotatable bonds is 6. The summed E-state index contributed by atoms with van der Waals surface area (Å²) < 4.78 is 5.43. The van der Waals surface area contributed by atoms with Gasteiger partial charge in [0.2, 0.25) is 0 Å². The number of aryl methyl sites for hydroxylation is 1. The van der Waals surface area contributed by atoms with Crippen LogP contribution < -0.4 is 4.74 Å². The first-order chi connectivity index (χ1) is 8.81. The van der Waals surface area contributed by atoms with E-state index >= 15 is 0 Å². The zero-order chi connectivity index (χ0) is 14.5. The fourth-order valence-electron chi connectivity index (χ4n) is 1.75. The maximum absolute atomic E-state index is 11.8. The molecular formula is C15H23NO3. The molecule has 1 N–H and O–H groups in total. The molecule has 0 saturated carbocycles. The molecule has 0 bridgehead atoms. The third-order valence-electron chi connectivity index (χ3n) is 2.74. The Balaban J connectivity index is 2.45. The van der Waals surface area contributed by atoms with E-state index in [0.717, 1.165) is 6.42 Å². The summed E-state index contributed by atoms with van der Waals surface area (Å²) in [6.45, 7) is 5.69. The lowest BCUT2D eigenvalue weighted by molar-refractivity contribution is -0.134. The van der Waals surface area contributed by atoms with E-state index in [4.69, 9.17) is 4.74 Å². The van der Waals surface area contributed by atoms with Gasteiger partial charge in [0.25, 0.3) is 5.91 Å². The normalized spacial score (nSPS) is 11.2. The first-order valence-electron chi connectivity index (χ1n) is 6.50. The van der Waals surface area contributed by atoms with Crippen molar-refractivity contribution in [2.75, 3.05) is 20.2 Å². The summed E-state index contributed by atoms with van der Waals surface area (Å²) in [5.41, 5.74) is 0.338. The Hall–Kier alpha value is -1.55. The lowest BCUT2D eigenvalue weighted by Crippen LogP contribution is -2.41. The number of benzene rings is 1. The minimum Gasteiger partial charge on any atom is -0.484 e. The van der Waals surface area contributed by atoms with Gasteiger partial charge in [-0.2, -0.15) is 0 Å². The van der Waals surface area contributed by atoms with E-state index in [1.54, 1.807) is 20.9 Å². The molecule has 0 radical (unpaired) electrons. The molecule has 0 aliphatic heterocycles. The van der Waals surface area contributed by atoms with E-state index in [1.807, 2.05) is 24.3 Å². The van der Waals surface area contributed by atoms with Crippen molar-refractivity contribution in [2.24, 2.45) is 0 Å². The summed E-state index contributed by atoms with van der Waals surface area (Å²) in [5.74, 6) is 0.531. The van der Waals surface area contributed by atoms with Crippen molar-refractivity contribution in [3.05, 3.63) is 29.8 Å². The number of ether oxygens (including phenoxy) is 1. The van der Waals surface area contributed by atoms with Gasteiger partial charge in [-0.3, -0.25) is 4.79 Å². The van der Waals surface area contributed by atoms with Crippen LogP contribution in [-0.4, -0.2) is 41.7 Å². The number of likely N-dealkylation sites (N-methyl/N-ethyl adjacent to an activating group) is 1. The Labute approximate surface area is 115 Å². The van der Waals surface area contributed by atoms with Gasteiger partial charge in [-0.25, -0.2) is 0 Å². The zero-order valence-corrected chi connectivity index (χ0v) is 12.1. The monoisotopic (exact) mass is 265 g/mol. The summed E-state index contributed by atoms with van der Waals surface area (Å²) in [6.07, 6.45) is 0.980. The molecule has 0 heterocycles. The maximum Gasteiger partial charge on any atom is 0.260 e. The Morgan fingerprint density at radius 1 is 1.32 bits per heavy atom. The summed E-state index contributed by atoms with van der Waals surface area (Å²) in [5, 5.41) is 9.65. The summed E-state index contributed by atoms with van der Waals surface area (Å²) in [7, 11) is 1.66. The van der Waals surface area contributed by atoms with Gasteiger partial charge in [-0.05, 0) is 38.0 Å². The zero-order valence-electron chi connectivity index (χ0n) is 12.1. The van der Waals surface area contributed by atoms with Crippen molar-refractivity contribution < 1.29 is 14.6 Å². The van der Waals surface area contributed by atoms with Crippen LogP contribution in [0.15, 0.2) is 24.3 Å². The number of aliphatic hydroxyl groups is 1. The maximum atomic E-state index is 11.8. The fourth-order valence-corrected chi connectivity index (χ4v) is 1.75. The quantitative estimate of drug-likeness (QED) is 0.854. The van der Waals surface area contributed by atoms with Gasteiger partial charge in [0.05, 0.1) is 5.60 Å². The molecule has 0 aromatic heterocycles. The number of carbonyl (C=O) groups excluding carboxylic acids is 1. The Morgan fingerprint density at radius 2 is 1.89 bits per heavy atom. The lowest BCUT2D eigenvalue weighted by Gasteiger charge is -2.25. The first kappa shape index (κ1) is 15.5. The van der Waals surface area contributed by atoms with Crippen LogP contribution in [0.5, 0.6) is 5.75 Å². The largest absolute Gasteiger partial charge is 0.484 e. The average Bonchev–Trinajstić information content (AvgIpc) is 2.34. The number of hydrogen-bond donors (Lipinski definition) is 1. The van der Waals surface area contributed by atoms with E-state index in [-0.39, 0.29) is 19.1 Å². The highest BCUT2D eigenvalue weighted by Gasteiger charge is 2.19. The number of carbonyl (C=O) groups is 1. The molecule has 0 aliphatic carbocycles. The van der Waals surface area contributed by atoms with E-state index in [1.165, 1.54) is 10.5 Å². The van der Waals surface area contributed by atoms with Crippen molar-refractivity contribution >= 4 is 5.91 Å². The van der Waals surface area contributed by atoms with Gasteiger partial charge in [0, 0.05) is 13.6 Å². The average molecular weight is 265 g/mol. The van der Waals surface area contributed by atoms with Gasteiger partial charge in [0.1, 0.15) is 5.75 Å². The Bertz CT molecular complexity index is 406. The van der Waals surface area contributed by atoms with Gasteiger partial charge in [0.15, 0.2) is 6.61 Å². The summed E-state index contributed by atoms with van der Waals surface area (Å²) in [4.78, 5) is 13.3. The molecule has 4 nitrogen and oxygen atoms in total. The second kappa shape index (κ2) is 6.57. The van der Waals surface area contributed by atoms with Crippen LogP contribution in [0.2, 0.25) is 0 Å². The number of amides is 1. The number of nitrogens with zero attached hydrogens (tertiary/aromatic N) is 1. The van der Waals surface area contributed by atoms with Gasteiger partial charge in [-0.1, -0.05) is 19.1 Å². The van der Waals surface area contributed by atoms with Crippen molar-refractivity contribution in [3.63, 3.8) is 0 Å². The second-order valence-corrected chi connectivity index (χ2v) is 5.35. The molecule has 0 aliphatic rings. The topological polar surface area (TPSA) is 49.8 Å². The predicted molar refractivity (Wildman–Crippen MR) is 75.2 cm³/mol. The van der Waals surface area contributed by atoms with Crippen LogP contribution in [0.4, 0.5) is 0 Å². The Morgan fingerprint density at radius 3 is 2.37 bits per heavy atom. The summed E-state index contributed by atoms with van der Waals surface area (Å²) in [6, 6.07) is 7.70. The molecule has 1 aromatic carbocycles. The molecule has 0 fully saturated rings. The molecule has 106 valence electrons. The molecular weight excluding hydrogens is 242 g/mol. The van der Waals surface area contributed by atoms with Crippen molar-refractivity contribution in [1.82, 2.24) is 4.90 Å². The molecule has 19 heavy (non-hydrogen) atoms. The fraction of sp³-hybridized carbons (Fsp3) is 0.533. The predicted octanol–water partition coefficient (Wildman–Crippen LogP) is 1.86. The van der Waals surface area contributed by atoms with Crippen LogP contribution in [-0.2, 0) is 11.2 Å². The third kappa shape index (κ3) is 5.75. The third-order valence-corrected chi connectivity index (χ3v) is 2.74. The highest BCUT2D eigenvalue weighted by molar-refractivity contribution is 5.77. The molecule has 1 rings (SSSR count). The molecule has 0 atom stereocenters. The number of hydrogen-bond acceptors (Lipinski definition) is 3. The lowest BCUT2D eigenvalue weighted by atomic mass is 10.1. The van der Waals surface area contributed by atoms with E-state index < -0.39 is 5.60 Å². The molecule has 0 spiro atoms. The molecule has 0 unspecified atom stereocenters. The highest BCUT2D eigenvalue weighted by atomic mass is 16.5. The molecule has 4 heteroatoms. The van der Waals surface area contributed by atoms with Gasteiger partial charge >= 0.3 is 0 Å². The highest BCUT2D eigenvalue weighted by Crippen LogP contribution is 2.12. The van der Waals surface area contributed by atoms with Crippen molar-refractivity contribution in [2.45, 2.75) is 32.8 Å². The summed E-state index contributed by atoms with van der Waals surface area (Å²) >= 11 is 0. The van der Waals surface area contributed by atoms with Crippen molar-refractivity contribution in [3.8, 4) is 5.75 Å². The molecule has 0 saturated heterocycles.